The summed E-state index contributed by atoms with van der Waals surface area (Å²) in [6.45, 7) is 2.26. The third-order valence-corrected chi connectivity index (χ3v) is 4.55. The van der Waals surface area contributed by atoms with Gasteiger partial charge in [0.2, 0.25) is 0 Å². The van der Waals surface area contributed by atoms with Crippen molar-refractivity contribution >= 4 is 5.97 Å². The number of carboxylic acids is 1. The van der Waals surface area contributed by atoms with Gasteiger partial charge in [-0.1, -0.05) is 70.4 Å². The Kier molecular flexibility index (Phi) is 16.4. The summed E-state index contributed by atoms with van der Waals surface area (Å²) in [5, 5.41) is 18.6. The Bertz CT molecular complexity index is 318. The molecule has 142 valence electrons. The van der Waals surface area contributed by atoms with Crippen molar-refractivity contribution < 1.29 is 15.0 Å². The van der Waals surface area contributed by atoms with E-state index in [4.69, 9.17) is 10.8 Å². The number of rotatable bonds is 17. The summed E-state index contributed by atoms with van der Waals surface area (Å²) in [7, 11) is 0. The lowest BCUT2D eigenvalue weighted by molar-refractivity contribution is -0.145. The first kappa shape index (κ1) is 23.1. The molecule has 4 N–H and O–H groups in total. The van der Waals surface area contributed by atoms with E-state index in [1.165, 1.54) is 44.9 Å². The zero-order chi connectivity index (χ0) is 18.0. The fourth-order valence-electron chi connectivity index (χ4n) is 2.90. The highest BCUT2D eigenvalue weighted by molar-refractivity contribution is 5.70. The highest BCUT2D eigenvalue weighted by Gasteiger charge is 2.24. The molecular weight excluding hydrogens is 302 g/mol. The maximum atomic E-state index is 11.0. The summed E-state index contributed by atoms with van der Waals surface area (Å²) in [4.78, 5) is 11.0. The largest absolute Gasteiger partial charge is 0.481 e. The minimum Gasteiger partial charge on any atom is -0.481 e. The second-order valence-electron chi connectivity index (χ2n) is 6.77. The predicted octanol–water partition coefficient (Wildman–Crippen LogP) is 4.65. The van der Waals surface area contributed by atoms with Crippen LogP contribution in [0.25, 0.3) is 0 Å². The summed E-state index contributed by atoms with van der Waals surface area (Å²) in [6, 6.07) is 0. The second kappa shape index (κ2) is 17.0. The molecule has 4 nitrogen and oxygen atoms in total. The Hall–Kier alpha value is -0.870. The van der Waals surface area contributed by atoms with Crippen LogP contribution < -0.4 is 5.73 Å². The van der Waals surface area contributed by atoms with E-state index in [1.807, 2.05) is 0 Å². The number of allylic oxidation sites excluding steroid dienone is 2. The summed E-state index contributed by atoms with van der Waals surface area (Å²) >= 11 is 0. The van der Waals surface area contributed by atoms with E-state index >= 15 is 0 Å². The first-order chi connectivity index (χ1) is 11.6. The van der Waals surface area contributed by atoms with Crippen molar-refractivity contribution in [1.82, 2.24) is 0 Å². The SMILES string of the molecule is CCCCCCCCC=CCCCCCCC(C(=O)O)C(O)CN. The van der Waals surface area contributed by atoms with Crippen LogP contribution in [0.5, 0.6) is 0 Å². The molecule has 24 heavy (non-hydrogen) atoms. The van der Waals surface area contributed by atoms with Gasteiger partial charge in [0, 0.05) is 6.54 Å². The lowest BCUT2D eigenvalue weighted by Gasteiger charge is -2.17. The van der Waals surface area contributed by atoms with E-state index in [0.717, 1.165) is 32.1 Å². The standard InChI is InChI=1S/C20H39NO3/c1-2-3-4-5-6-7-8-9-10-11-12-13-14-15-16-18(20(23)24)19(22)17-21/h9-10,18-19,22H,2-8,11-17,21H2,1H3,(H,23,24). The van der Waals surface area contributed by atoms with E-state index < -0.39 is 18.0 Å². The molecule has 0 bridgehead atoms. The smallest absolute Gasteiger partial charge is 0.309 e. The topological polar surface area (TPSA) is 83.5 Å². The van der Waals surface area contributed by atoms with Crippen LogP contribution >= 0.6 is 0 Å². The molecule has 0 radical (unpaired) electrons. The molecule has 0 aromatic carbocycles. The zero-order valence-corrected chi connectivity index (χ0v) is 15.6. The summed E-state index contributed by atoms with van der Waals surface area (Å²) in [5.41, 5.74) is 5.34. The molecule has 0 spiro atoms. The molecule has 0 aromatic rings. The van der Waals surface area contributed by atoms with Gasteiger partial charge in [-0.3, -0.25) is 4.79 Å². The molecule has 0 saturated carbocycles. The number of carbonyl (C=O) groups is 1. The lowest BCUT2D eigenvalue weighted by atomic mass is 9.95. The molecule has 2 atom stereocenters. The van der Waals surface area contributed by atoms with E-state index in [1.54, 1.807) is 0 Å². The first-order valence-electron chi connectivity index (χ1n) is 9.89. The van der Waals surface area contributed by atoms with Crippen molar-refractivity contribution in [2.75, 3.05) is 6.54 Å². The molecule has 0 rings (SSSR count). The average Bonchev–Trinajstić information content (AvgIpc) is 2.57. The Morgan fingerprint density at radius 1 is 0.917 bits per heavy atom. The molecule has 0 aliphatic heterocycles. The number of carboxylic acid groups (broad SMARTS) is 1. The monoisotopic (exact) mass is 341 g/mol. The third kappa shape index (κ3) is 13.6. The number of hydrogen-bond acceptors (Lipinski definition) is 3. The number of aliphatic hydroxyl groups excluding tert-OH is 1. The minimum atomic E-state index is -0.939. The number of nitrogens with two attached hydrogens (primary N) is 1. The van der Waals surface area contributed by atoms with Gasteiger partial charge in [-0.05, 0) is 32.1 Å². The molecular formula is C20H39NO3. The number of hydrogen-bond donors (Lipinski definition) is 3. The molecule has 0 saturated heterocycles. The number of aliphatic hydroxyl groups is 1. The van der Waals surface area contributed by atoms with Gasteiger partial charge in [-0.15, -0.1) is 0 Å². The van der Waals surface area contributed by atoms with Crippen molar-refractivity contribution in [2.24, 2.45) is 11.7 Å². The molecule has 0 aliphatic rings. The summed E-state index contributed by atoms with van der Waals surface area (Å²) in [5.74, 6) is -1.65. The summed E-state index contributed by atoms with van der Waals surface area (Å²) in [6.07, 6.45) is 18.7. The summed E-state index contributed by atoms with van der Waals surface area (Å²) < 4.78 is 0. The Morgan fingerprint density at radius 3 is 1.92 bits per heavy atom. The van der Waals surface area contributed by atoms with E-state index in [0.29, 0.717) is 6.42 Å². The molecule has 0 aliphatic carbocycles. The molecule has 2 unspecified atom stereocenters. The predicted molar refractivity (Wildman–Crippen MR) is 101 cm³/mol. The fraction of sp³-hybridized carbons (Fsp3) is 0.850. The first-order valence-corrected chi connectivity index (χ1v) is 9.89. The molecule has 0 aromatic heterocycles. The van der Waals surface area contributed by atoms with Gasteiger partial charge in [0.25, 0.3) is 0 Å². The van der Waals surface area contributed by atoms with Crippen LogP contribution in [0, 0.1) is 5.92 Å². The van der Waals surface area contributed by atoms with E-state index in [9.17, 15) is 9.90 Å². The molecule has 4 heteroatoms. The maximum absolute atomic E-state index is 11.0. The zero-order valence-electron chi connectivity index (χ0n) is 15.6. The van der Waals surface area contributed by atoms with E-state index in [2.05, 4.69) is 19.1 Å². The number of aliphatic carboxylic acids is 1. The van der Waals surface area contributed by atoms with Crippen LogP contribution in [0.15, 0.2) is 12.2 Å². The third-order valence-electron chi connectivity index (χ3n) is 4.55. The highest BCUT2D eigenvalue weighted by atomic mass is 16.4. The van der Waals surface area contributed by atoms with Gasteiger partial charge in [-0.25, -0.2) is 0 Å². The van der Waals surface area contributed by atoms with Crippen LogP contribution in [0.1, 0.15) is 90.4 Å². The van der Waals surface area contributed by atoms with Gasteiger partial charge in [0.15, 0.2) is 0 Å². The Morgan fingerprint density at radius 2 is 1.42 bits per heavy atom. The van der Waals surface area contributed by atoms with Crippen molar-refractivity contribution in [1.29, 1.82) is 0 Å². The quantitative estimate of drug-likeness (QED) is 0.265. The maximum Gasteiger partial charge on any atom is 0.309 e. The van der Waals surface area contributed by atoms with Gasteiger partial charge in [-0.2, -0.15) is 0 Å². The van der Waals surface area contributed by atoms with Crippen LogP contribution in [-0.4, -0.2) is 28.8 Å². The van der Waals surface area contributed by atoms with Gasteiger partial charge < -0.3 is 15.9 Å². The molecule has 0 fully saturated rings. The fourth-order valence-corrected chi connectivity index (χ4v) is 2.90. The minimum absolute atomic E-state index is 0.0143. The van der Waals surface area contributed by atoms with Crippen LogP contribution in [0.3, 0.4) is 0 Å². The van der Waals surface area contributed by atoms with Crippen LogP contribution in [0.2, 0.25) is 0 Å². The Balaban J connectivity index is 3.43. The number of unbranched alkanes of at least 4 members (excludes halogenated alkanes) is 10. The normalized spacial score (nSPS) is 14.1. The lowest BCUT2D eigenvalue weighted by Crippen LogP contribution is -2.34. The van der Waals surface area contributed by atoms with Crippen LogP contribution in [-0.2, 0) is 4.79 Å². The van der Waals surface area contributed by atoms with Crippen molar-refractivity contribution in [3.63, 3.8) is 0 Å². The van der Waals surface area contributed by atoms with Crippen molar-refractivity contribution in [3.05, 3.63) is 12.2 Å². The van der Waals surface area contributed by atoms with Crippen molar-refractivity contribution in [3.8, 4) is 0 Å². The van der Waals surface area contributed by atoms with Gasteiger partial charge in [0.05, 0.1) is 12.0 Å². The van der Waals surface area contributed by atoms with Gasteiger partial charge >= 0.3 is 5.97 Å². The van der Waals surface area contributed by atoms with Crippen LogP contribution in [0.4, 0.5) is 0 Å². The highest BCUT2D eigenvalue weighted by Crippen LogP contribution is 2.15. The second-order valence-corrected chi connectivity index (χ2v) is 6.77. The van der Waals surface area contributed by atoms with Gasteiger partial charge in [0.1, 0.15) is 0 Å². The average molecular weight is 342 g/mol. The molecule has 0 amide bonds. The van der Waals surface area contributed by atoms with Crippen molar-refractivity contribution in [2.45, 2.75) is 96.5 Å². The molecule has 0 heterocycles. The Labute approximate surface area is 148 Å². The van der Waals surface area contributed by atoms with E-state index in [-0.39, 0.29) is 6.54 Å².